The molecule has 1 heterocycles. The lowest BCUT2D eigenvalue weighted by molar-refractivity contribution is -0.137. The first-order chi connectivity index (χ1) is 10.9. The van der Waals surface area contributed by atoms with Gasteiger partial charge < -0.3 is 15.7 Å². The Bertz CT molecular complexity index is 554. The number of thiophene rings is 1. The van der Waals surface area contributed by atoms with Crippen molar-refractivity contribution >= 4 is 34.1 Å². The molecule has 128 valence electrons. The summed E-state index contributed by atoms with van der Waals surface area (Å²) < 4.78 is 0. The Balaban J connectivity index is 2.46. The molecule has 1 aromatic rings. The van der Waals surface area contributed by atoms with E-state index in [1.54, 1.807) is 6.07 Å². The second-order valence-electron chi connectivity index (χ2n) is 5.36. The molecule has 2 amide bonds. The number of carboxylic acids is 1. The number of hydrogen-bond acceptors (Lipinski definition) is 4. The Kier molecular flexibility index (Phi) is 8.32. The minimum atomic E-state index is -0.796. The number of carbonyl (C=O) groups is 3. The normalized spacial score (nSPS) is 10.3. The average molecular weight is 340 g/mol. The zero-order valence-corrected chi connectivity index (χ0v) is 14.4. The molecular weight excluding hydrogens is 316 g/mol. The largest absolute Gasteiger partial charge is 0.481 e. The van der Waals surface area contributed by atoms with Gasteiger partial charge in [-0.15, -0.1) is 11.3 Å². The first-order valence-corrected chi connectivity index (χ1v) is 8.66. The van der Waals surface area contributed by atoms with E-state index in [9.17, 15) is 14.4 Å². The van der Waals surface area contributed by atoms with Crippen LogP contribution in [0.1, 0.15) is 60.7 Å². The summed E-state index contributed by atoms with van der Waals surface area (Å²) in [4.78, 5) is 35.3. The smallest absolute Gasteiger partial charge is 0.303 e. The molecule has 3 N–H and O–H groups in total. The molecule has 1 aromatic heterocycles. The second kappa shape index (κ2) is 9.99. The summed E-state index contributed by atoms with van der Waals surface area (Å²) in [5.41, 5.74) is 0.488. The molecule has 6 nitrogen and oxygen atoms in total. The van der Waals surface area contributed by atoms with Crippen molar-refractivity contribution in [1.82, 2.24) is 5.32 Å². The topological polar surface area (TPSA) is 95.5 Å². The molecule has 0 bridgehead atoms. The predicted octanol–water partition coefficient (Wildman–Crippen LogP) is 3.17. The maximum Gasteiger partial charge on any atom is 0.303 e. The van der Waals surface area contributed by atoms with Gasteiger partial charge in [-0.3, -0.25) is 14.4 Å². The van der Waals surface area contributed by atoms with Crippen LogP contribution < -0.4 is 10.6 Å². The van der Waals surface area contributed by atoms with Gasteiger partial charge in [0.25, 0.3) is 5.91 Å². The van der Waals surface area contributed by atoms with Gasteiger partial charge in [-0.05, 0) is 32.3 Å². The molecule has 0 atom stereocenters. The highest BCUT2D eigenvalue weighted by Crippen LogP contribution is 2.27. The molecule has 0 aliphatic heterocycles. The molecule has 0 aliphatic rings. The molecule has 0 saturated heterocycles. The number of hydrogen-bond donors (Lipinski definition) is 3. The molecular formula is C16H24N2O4S. The Labute approximate surface area is 140 Å². The van der Waals surface area contributed by atoms with Crippen molar-refractivity contribution in [2.45, 2.75) is 52.4 Å². The van der Waals surface area contributed by atoms with E-state index in [0.717, 1.165) is 24.1 Å². The molecule has 0 spiro atoms. The van der Waals surface area contributed by atoms with E-state index in [4.69, 9.17) is 5.11 Å². The van der Waals surface area contributed by atoms with Crippen molar-refractivity contribution in [3.05, 3.63) is 16.5 Å². The summed E-state index contributed by atoms with van der Waals surface area (Å²) in [7, 11) is 0. The maximum absolute atomic E-state index is 12.2. The van der Waals surface area contributed by atoms with E-state index in [1.165, 1.54) is 11.3 Å². The van der Waals surface area contributed by atoms with Crippen LogP contribution in [0.2, 0.25) is 0 Å². The van der Waals surface area contributed by atoms with Crippen LogP contribution in [-0.2, 0) is 9.59 Å². The molecule has 0 saturated carbocycles. The van der Waals surface area contributed by atoms with E-state index in [1.807, 2.05) is 13.8 Å². The van der Waals surface area contributed by atoms with Gasteiger partial charge in [-0.25, -0.2) is 0 Å². The fourth-order valence-electron chi connectivity index (χ4n) is 2.07. The van der Waals surface area contributed by atoms with Gasteiger partial charge in [0.05, 0.1) is 5.56 Å². The summed E-state index contributed by atoms with van der Waals surface area (Å²) in [6.07, 6.45) is 3.46. The molecule has 23 heavy (non-hydrogen) atoms. The number of amides is 2. The standard InChI is InChI=1S/C16H24N2O4S/c1-3-7-13(19)18-16-12(10-11(2)23-16)15(22)17-9-6-4-5-8-14(20)21/h10H,3-9H2,1-2H3,(H,17,22)(H,18,19)(H,20,21). The lowest BCUT2D eigenvalue weighted by Crippen LogP contribution is -2.25. The minimum Gasteiger partial charge on any atom is -0.481 e. The minimum absolute atomic E-state index is 0.0860. The van der Waals surface area contributed by atoms with Gasteiger partial charge in [0.2, 0.25) is 5.91 Å². The maximum atomic E-state index is 12.2. The number of anilines is 1. The molecule has 0 radical (unpaired) electrons. The summed E-state index contributed by atoms with van der Waals surface area (Å²) in [6.45, 7) is 4.32. The number of nitrogens with one attached hydrogen (secondary N) is 2. The van der Waals surface area contributed by atoms with Crippen molar-refractivity contribution in [3.63, 3.8) is 0 Å². The summed E-state index contributed by atoms with van der Waals surface area (Å²) >= 11 is 1.39. The predicted molar refractivity (Wildman–Crippen MR) is 91.0 cm³/mol. The van der Waals surface area contributed by atoms with Crippen LogP contribution >= 0.6 is 11.3 Å². The Hall–Kier alpha value is -1.89. The molecule has 0 aliphatic carbocycles. The van der Waals surface area contributed by atoms with Gasteiger partial charge >= 0.3 is 5.97 Å². The van der Waals surface area contributed by atoms with Crippen LogP contribution in [0.25, 0.3) is 0 Å². The van der Waals surface area contributed by atoms with E-state index < -0.39 is 5.97 Å². The van der Waals surface area contributed by atoms with E-state index >= 15 is 0 Å². The van der Waals surface area contributed by atoms with Gasteiger partial charge in [0.1, 0.15) is 5.00 Å². The van der Waals surface area contributed by atoms with Gasteiger partial charge in [-0.2, -0.15) is 0 Å². The van der Waals surface area contributed by atoms with Crippen LogP contribution in [0.4, 0.5) is 5.00 Å². The third-order valence-corrected chi connectivity index (χ3v) is 4.15. The van der Waals surface area contributed by atoms with Crippen molar-refractivity contribution in [2.75, 3.05) is 11.9 Å². The average Bonchev–Trinajstić information content (AvgIpc) is 2.83. The van der Waals surface area contributed by atoms with Crippen LogP contribution in [-0.4, -0.2) is 29.4 Å². The van der Waals surface area contributed by atoms with E-state index in [0.29, 0.717) is 30.0 Å². The molecule has 0 aromatic carbocycles. The van der Waals surface area contributed by atoms with Crippen molar-refractivity contribution in [1.29, 1.82) is 0 Å². The van der Waals surface area contributed by atoms with Crippen LogP contribution in [0.15, 0.2) is 6.07 Å². The number of carboxylic acid groups (broad SMARTS) is 1. The zero-order chi connectivity index (χ0) is 17.2. The van der Waals surface area contributed by atoms with Gasteiger partial charge in [0, 0.05) is 24.3 Å². The quantitative estimate of drug-likeness (QED) is 0.570. The van der Waals surface area contributed by atoms with Crippen LogP contribution in [0, 0.1) is 6.92 Å². The SMILES string of the molecule is CCCC(=O)Nc1sc(C)cc1C(=O)NCCCCCC(=O)O. The van der Waals surface area contributed by atoms with Crippen molar-refractivity contribution in [3.8, 4) is 0 Å². The highest BCUT2D eigenvalue weighted by atomic mass is 32.1. The zero-order valence-electron chi connectivity index (χ0n) is 13.6. The summed E-state index contributed by atoms with van der Waals surface area (Å²) in [5.74, 6) is -1.09. The second-order valence-corrected chi connectivity index (χ2v) is 6.61. The monoisotopic (exact) mass is 340 g/mol. The highest BCUT2D eigenvalue weighted by Gasteiger charge is 2.16. The van der Waals surface area contributed by atoms with Crippen LogP contribution in [0.3, 0.4) is 0 Å². The third kappa shape index (κ3) is 7.27. The van der Waals surface area contributed by atoms with Crippen LogP contribution in [0.5, 0.6) is 0 Å². The lowest BCUT2D eigenvalue weighted by Gasteiger charge is -2.07. The molecule has 0 fully saturated rings. The molecule has 7 heteroatoms. The van der Waals surface area contributed by atoms with Gasteiger partial charge in [-0.1, -0.05) is 13.3 Å². The number of aliphatic carboxylic acids is 1. The fourth-order valence-corrected chi connectivity index (χ4v) is 2.99. The number of rotatable bonds is 10. The van der Waals surface area contributed by atoms with Crippen molar-refractivity contribution in [2.24, 2.45) is 0 Å². The fraction of sp³-hybridized carbons (Fsp3) is 0.562. The number of carbonyl (C=O) groups excluding carboxylic acids is 2. The summed E-state index contributed by atoms with van der Waals surface area (Å²) in [5, 5.41) is 14.7. The van der Waals surface area contributed by atoms with Crippen molar-refractivity contribution < 1.29 is 19.5 Å². The molecule has 0 unspecified atom stereocenters. The Morgan fingerprint density at radius 3 is 2.57 bits per heavy atom. The lowest BCUT2D eigenvalue weighted by atomic mass is 10.2. The Morgan fingerprint density at radius 2 is 1.91 bits per heavy atom. The highest BCUT2D eigenvalue weighted by molar-refractivity contribution is 7.16. The number of aryl methyl sites for hydroxylation is 1. The molecule has 1 rings (SSSR count). The summed E-state index contributed by atoms with van der Waals surface area (Å²) in [6, 6.07) is 1.77. The van der Waals surface area contributed by atoms with E-state index in [-0.39, 0.29) is 18.2 Å². The first-order valence-electron chi connectivity index (χ1n) is 7.84. The number of unbranched alkanes of at least 4 members (excludes halogenated alkanes) is 2. The first kappa shape index (κ1) is 19.2. The van der Waals surface area contributed by atoms with E-state index in [2.05, 4.69) is 10.6 Å². The Morgan fingerprint density at radius 1 is 1.17 bits per heavy atom. The van der Waals surface area contributed by atoms with Gasteiger partial charge in [0.15, 0.2) is 0 Å². The third-order valence-electron chi connectivity index (χ3n) is 3.18.